The van der Waals surface area contributed by atoms with Gasteiger partial charge in [-0.15, -0.1) is 0 Å². The van der Waals surface area contributed by atoms with Crippen molar-refractivity contribution in [2.24, 2.45) is 0 Å². The third-order valence-electron chi connectivity index (χ3n) is 6.87. The molecule has 1 aliphatic rings. The first kappa shape index (κ1) is 24.3. The van der Waals surface area contributed by atoms with E-state index in [-0.39, 0.29) is 17.6 Å². The van der Waals surface area contributed by atoms with Crippen molar-refractivity contribution in [1.29, 1.82) is 0 Å². The highest BCUT2D eigenvalue weighted by Gasteiger charge is 2.23. The quantitative estimate of drug-likeness (QED) is 0.313. The minimum atomic E-state index is -0.278. The van der Waals surface area contributed by atoms with E-state index in [2.05, 4.69) is 28.2 Å². The van der Waals surface area contributed by atoms with Crippen LogP contribution in [0.1, 0.15) is 42.5 Å². The van der Waals surface area contributed by atoms with Gasteiger partial charge in [-0.25, -0.2) is 4.98 Å². The number of aliphatic hydroxyl groups is 1. The van der Waals surface area contributed by atoms with E-state index in [0.29, 0.717) is 53.4 Å². The molecule has 3 heterocycles. The molecule has 2 aromatic heterocycles. The number of halogens is 1. The van der Waals surface area contributed by atoms with Gasteiger partial charge in [-0.2, -0.15) is 0 Å². The largest absolute Gasteiger partial charge is 0.455 e. The maximum absolute atomic E-state index is 13.4. The van der Waals surface area contributed by atoms with Gasteiger partial charge >= 0.3 is 0 Å². The monoisotopic (exact) mass is 503 g/mol. The number of pyridine rings is 1. The predicted octanol–water partition coefficient (Wildman–Crippen LogP) is 6.26. The van der Waals surface area contributed by atoms with Crippen molar-refractivity contribution in [3.8, 4) is 11.3 Å². The van der Waals surface area contributed by atoms with E-state index >= 15 is 0 Å². The summed E-state index contributed by atoms with van der Waals surface area (Å²) in [4.78, 5) is 20.2. The van der Waals surface area contributed by atoms with E-state index in [1.165, 1.54) is 0 Å². The van der Waals surface area contributed by atoms with Crippen molar-refractivity contribution in [3.05, 3.63) is 86.7 Å². The fourth-order valence-electron chi connectivity index (χ4n) is 4.92. The van der Waals surface area contributed by atoms with E-state index in [4.69, 9.17) is 16.0 Å². The van der Waals surface area contributed by atoms with Crippen LogP contribution < -0.4 is 15.6 Å². The Morgan fingerprint density at radius 1 is 1.11 bits per heavy atom. The second-order valence-electron chi connectivity index (χ2n) is 9.57. The summed E-state index contributed by atoms with van der Waals surface area (Å²) in [5, 5.41) is 14.5. The van der Waals surface area contributed by atoms with Crippen LogP contribution in [0.3, 0.4) is 0 Å². The molecule has 0 amide bonds. The molecule has 0 radical (unpaired) electrons. The average molecular weight is 504 g/mol. The first-order chi connectivity index (χ1) is 17.3. The normalized spacial score (nSPS) is 15.3. The lowest BCUT2D eigenvalue weighted by molar-refractivity contribution is 0.145. The molecule has 1 atom stereocenters. The summed E-state index contributed by atoms with van der Waals surface area (Å²) < 4.78 is 6.47. The number of aromatic nitrogens is 1. The minimum Gasteiger partial charge on any atom is -0.455 e. The molecule has 1 fully saturated rings. The highest BCUT2D eigenvalue weighted by molar-refractivity contribution is 6.29. The van der Waals surface area contributed by atoms with Crippen LogP contribution in [-0.4, -0.2) is 29.3 Å². The standard InChI is InChI=1S/C29H30ClN3O3/c1-17-15-22(28-23(16-17)26(35)18(2)27(36-28)20-7-5-4-6-8-20)19(3)31-24-9-10-25(30)32-29(24)33-13-11-21(34)12-14-33/h4-10,15-16,19,21,31,34H,11-14H2,1-3H3/t19-/m1/s1. The Morgan fingerprint density at radius 2 is 1.83 bits per heavy atom. The summed E-state index contributed by atoms with van der Waals surface area (Å²) in [6.07, 6.45) is 1.11. The fourth-order valence-corrected chi connectivity index (χ4v) is 5.06. The van der Waals surface area contributed by atoms with Crippen LogP contribution in [0.2, 0.25) is 5.15 Å². The molecule has 1 aliphatic heterocycles. The van der Waals surface area contributed by atoms with Gasteiger partial charge in [0.2, 0.25) is 0 Å². The molecule has 7 heteroatoms. The number of nitrogens with one attached hydrogen (secondary N) is 1. The SMILES string of the molecule is Cc1cc([C@@H](C)Nc2ccc(Cl)nc2N2CCC(O)CC2)c2oc(-c3ccccc3)c(C)c(=O)c2c1. The van der Waals surface area contributed by atoms with Crippen molar-refractivity contribution >= 4 is 34.1 Å². The van der Waals surface area contributed by atoms with Gasteiger partial charge in [-0.3, -0.25) is 4.79 Å². The smallest absolute Gasteiger partial charge is 0.196 e. The Morgan fingerprint density at radius 3 is 2.56 bits per heavy atom. The van der Waals surface area contributed by atoms with Crippen LogP contribution in [0.15, 0.2) is 63.8 Å². The first-order valence-corrected chi connectivity index (χ1v) is 12.7. The lowest BCUT2D eigenvalue weighted by Crippen LogP contribution is -2.36. The number of hydrogen-bond acceptors (Lipinski definition) is 6. The summed E-state index contributed by atoms with van der Waals surface area (Å²) >= 11 is 6.26. The number of benzene rings is 2. The van der Waals surface area contributed by atoms with E-state index < -0.39 is 0 Å². The Labute approximate surface area is 215 Å². The van der Waals surface area contributed by atoms with Crippen LogP contribution in [0.4, 0.5) is 11.5 Å². The lowest BCUT2D eigenvalue weighted by Gasteiger charge is -2.32. The summed E-state index contributed by atoms with van der Waals surface area (Å²) in [5.74, 6) is 1.35. The Bertz CT molecular complexity index is 1460. The molecule has 0 aliphatic carbocycles. The van der Waals surface area contributed by atoms with Crippen molar-refractivity contribution < 1.29 is 9.52 Å². The summed E-state index contributed by atoms with van der Waals surface area (Å²) in [5.41, 5.74) is 4.77. The van der Waals surface area contributed by atoms with Gasteiger partial charge in [0, 0.05) is 29.8 Å². The van der Waals surface area contributed by atoms with Crippen LogP contribution in [-0.2, 0) is 0 Å². The Hall–Kier alpha value is -3.35. The maximum Gasteiger partial charge on any atom is 0.196 e. The number of aliphatic hydroxyl groups excluding tert-OH is 1. The molecule has 1 saturated heterocycles. The Kier molecular flexibility index (Phi) is 6.73. The molecule has 0 spiro atoms. The topological polar surface area (TPSA) is 78.6 Å². The number of rotatable bonds is 5. The molecular weight excluding hydrogens is 474 g/mol. The van der Waals surface area contributed by atoms with E-state index in [0.717, 1.165) is 28.2 Å². The highest BCUT2D eigenvalue weighted by atomic mass is 35.5. The summed E-state index contributed by atoms with van der Waals surface area (Å²) in [6, 6.07) is 17.2. The van der Waals surface area contributed by atoms with Gasteiger partial charge in [-0.05, 0) is 57.4 Å². The number of fused-ring (bicyclic) bond motifs is 1. The molecule has 0 unspecified atom stereocenters. The summed E-state index contributed by atoms with van der Waals surface area (Å²) in [7, 11) is 0. The van der Waals surface area contributed by atoms with Crippen LogP contribution in [0.25, 0.3) is 22.3 Å². The van der Waals surface area contributed by atoms with Crippen molar-refractivity contribution in [3.63, 3.8) is 0 Å². The van der Waals surface area contributed by atoms with E-state index in [9.17, 15) is 9.90 Å². The van der Waals surface area contributed by atoms with E-state index in [1.807, 2.05) is 56.3 Å². The molecule has 2 aromatic carbocycles. The van der Waals surface area contributed by atoms with Gasteiger partial charge < -0.3 is 19.7 Å². The second kappa shape index (κ2) is 9.96. The zero-order valence-electron chi connectivity index (χ0n) is 20.7. The number of hydrogen-bond donors (Lipinski definition) is 2. The van der Waals surface area contributed by atoms with Crippen molar-refractivity contribution in [2.45, 2.75) is 45.8 Å². The van der Waals surface area contributed by atoms with E-state index in [1.54, 1.807) is 6.07 Å². The van der Waals surface area contributed by atoms with Gasteiger partial charge in [-0.1, -0.05) is 48.0 Å². The number of anilines is 2. The van der Waals surface area contributed by atoms with Gasteiger partial charge in [0.15, 0.2) is 11.2 Å². The number of nitrogens with zero attached hydrogens (tertiary/aromatic N) is 2. The lowest BCUT2D eigenvalue weighted by atomic mass is 9.98. The highest BCUT2D eigenvalue weighted by Crippen LogP contribution is 2.35. The first-order valence-electron chi connectivity index (χ1n) is 12.3. The number of piperidine rings is 1. The molecule has 0 bridgehead atoms. The molecule has 186 valence electrons. The average Bonchev–Trinajstić information content (AvgIpc) is 2.88. The van der Waals surface area contributed by atoms with Crippen molar-refractivity contribution in [2.75, 3.05) is 23.3 Å². The second-order valence-corrected chi connectivity index (χ2v) is 9.96. The van der Waals surface area contributed by atoms with Gasteiger partial charge in [0.05, 0.1) is 23.2 Å². The molecule has 6 nitrogen and oxygen atoms in total. The molecule has 0 saturated carbocycles. The number of aryl methyl sites for hydroxylation is 1. The molecule has 4 aromatic rings. The van der Waals surface area contributed by atoms with Crippen LogP contribution in [0.5, 0.6) is 0 Å². The fraction of sp³-hybridized carbons (Fsp3) is 0.310. The van der Waals surface area contributed by atoms with Gasteiger partial charge in [0.1, 0.15) is 16.5 Å². The van der Waals surface area contributed by atoms with Crippen LogP contribution in [0, 0.1) is 13.8 Å². The summed E-state index contributed by atoms with van der Waals surface area (Å²) in [6.45, 7) is 7.27. The zero-order chi connectivity index (χ0) is 25.4. The molecule has 5 rings (SSSR count). The third-order valence-corrected chi connectivity index (χ3v) is 7.08. The molecule has 2 N–H and O–H groups in total. The predicted molar refractivity (Wildman–Crippen MR) is 146 cm³/mol. The molecular formula is C29H30ClN3O3. The third kappa shape index (κ3) is 4.71. The van der Waals surface area contributed by atoms with Gasteiger partial charge in [0.25, 0.3) is 0 Å². The minimum absolute atomic E-state index is 0.0204. The van der Waals surface area contributed by atoms with Crippen LogP contribution >= 0.6 is 11.6 Å². The maximum atomic E-state index is 13.4. The Balaban J connectivity index is 1.58. The molecule has 36 heavy (non-hydrogen) atoms. The van der Waals surface area contributed by atoms with Crippen molar-refractivity contribution in [1.82, 2.24) is 4.98 Å². The zero-order valence-corrected chi connectivity index (χ0v) is 21.5.